The topological polar surface area (TPSA) is 55.2 Å². The van der Waals surface area contributed by atoms with Gasteiger partial charge in [0.1, 0.15) is 0 Å². The fourth-order valence-electron chi connectivity index (χ4n) is 2.56. The Kier molecular flexibility index (Phi) is 3.97. The summed E-state index contributed by atoms with van der Waals surface area (Å²) in [7, 11) is 0. The number of non-ortho nitro benzene ring substituents is 1. The molecule has 0 atom stereocenters. The molecule has 21 heavy (non-hydrogen) atoms. The third-order valence-corrected chi connectivity index (χ3v) is 3.86. The Bertz CT molecular complexity index is 633. The molecule has 0 radical (unpaired) electrons. The van der Waals surface area contributed by atoms with Crippen molar-refractivity contribution in [1.82, 2.24) is 5.32 Å². The molecule has 1 fully saturated rings. The molecule has 0 aromatic heterocycles. The van der Waals surface area contributed by atoms with Crippen LogP contribution in [0.2, 0.25) is 0 Å². The molecule has 2 aromatic rings. The van der Waals surface area contributed by atoms with Gasteiger partial charge in [-0.15, -0.1) is 0 Å². The van der Waals surface area contributed by atoms with Crippen molar-refractivity contribution in [2.24, 2.45) is 0 Å². The van der Waals surface area contributed by atoms with E-state index in [4.69, 9.17) is 0 Å². The van der Waals surface area contributed by atoms with Crippen molar-refractivity contribution in [1.29, 1.82) is 0 Å². The summed E-state index contributed by atoms with van der Waals surface area (Å²) in [4.78, 5) is 10.2. The minimum absolute atomic E-state index is 0.137. The predicted molar refractivity (Wildman–Crippen MR) is 82.1 cm³/mol. The fourth-order valence-corrected chi connectivity index (χ4v) is 2.56. The Balaban J connectivity index is 1.57. The van der Waals surface area contributed by atoms with Crippen LogP contribution in [-0.4, -0.2) is 4.92 Å². The van der Waals surface area contributed by atoms with E-state index in [1.54, 1.807) is 24.3 Å². The van der Waals surface area contributed by atoms with E-state index in [1.165, 1.54) is 24.0 Å². The van der Waals surface area contributed by atoms with Crippen molar-refractivity contribution in [2.45, 2.75) is 31.8 Å². The molecule has 0 saturated heterocycles. The second kappa shape index (κ2) is 6.06. The Morgan fingerprint density at radius 2 is 1.76 bits per heavy atom. The molecule has 0 bridgehead atoms. The van der Waals surface area contributed by atoms with Crippen molar-refractivity contribution in [3.63, 3.8) is 0 Å². The van der Waals surface area contributed by atoms with Crippen LogP contribution in [0, 0.1) is 10.1 Å². The average Bonchev–Trinajstić information content (AvgIpc) is 3.33. The van der Waals surface area contributed by atoms with Crippen LogP contribution >= 0.6 is 0 Å². The summed E-state index contributed by atoms with van der Waals surface area (Å²) in [5.41, 5.74) is 4.03. The van der Waals surface area contributed by atoms with E-state index >= 15 is 0 Å². The number of hydrogen-bond donors (Lipinski definition) is 1. The second-order valence-electron chi connectivity index (χ2n) is 5.50. The van der Waals surface area contributed by atoms with Crippen molar-refractivity contribution < 1.29 is 4.92 Å². The maximum Gasteiger partial charge on any atom is 0.269 e. The molecule has 0 unspecified atom stereocenters. The smallest absolute Gasteiger partial charge is 0.269 e. The standard InChI is InChI=1S/C17H18N2O2/c20-19(21)16-9-5-13(6-10-16)11-18-12-15-3-1-2-4-17(15)14-7-8-14/h1-6,9-10,14,18H,7-8,11-12H2. The SMILES string of the molecule is O=[N+]([O-])c1ccc(CNCc2ccccc2C2CC2)cc1. The highest BCUT2D eigenvalue weighted by Gasteiger charge is 2.25. The van der Waals surface area contributed by atoms with E-state index in [0.29, 0.717) is 0 Å². The van der Waals surface area contributed by atoms with Gasteiger partial charge >= 0.3 is 0 Å². The molecule has 3 rings (SSSR count). The van der Waals surface area contributed by atoms with Gasteiger partial charge < -0.3 is 5.32 Å². The number of rotatable bonds is 6. The summed E-state index contributed by atoms with van der Waals surface area (Å²) >= 11 is 0. The van der Waals surface area contributed by atoms with Crippen LogP contribution in [0.5, 0.6) is 0 Å². The van der Waals surface area contributed by atoms with Crippen LogP contribution in [0.25, 0.3) is 0 Å². The maximum atomic E-state index is 10.6. The summed E-state index contributed by atoms with van der Waals surface area (Å²) in [5, 5.41) is 14.0. The van der Waals surface area contributed by atoms with Gasteiger partial charge in [0.05, 0.1) is 4.92 Å². The van der Waals surface area contributed by atoms with E-state index in [2.05, 4.69) is 29.6 Å². The Hall–Kier alpha value is -2.20. The fraction of sp³-hybridized carbons (Fsp3) is 0.294. The molecule has 1 N–H and O–H groups in total. The monoisotopic (exact) mass is 282 g/mol. The van der Waals surface area contributed by atoms with E-state index in [0.717, 1.165) is 24.6 Å². The average molecular weight is 282 g/mol. The molecule has 2 aromatic carbocycles. The van der Waals surface area contributed by atoms with Gasteiger partial charge in [-0.05, 0) is 35.4 Å². The first-order chi connectivity index (χ1) is 10.2. The zero-order chi connectivity index (χ0) is 14.7. The molecule has 108 valence electrons. The maximum absolute atomic E-state index is 10.6. The van der Waals surface area contributed by atoms with E-state index in [9.17, 15) is 10.1 Å². The van der Waals surface area contributed by atoms with Gasteiger partial charge in [0.2, 0.25) is 0 Å². The zero-order valence-electron chi connectivity index (χ0n) is 11.8. The molecule has 0 amide bonds. The Labute approximate surface area is 124 Å². The summed E-state index contributed by atoms with van der Waals surface area (Å²) in [5.74, 6) is 0.752. The summed E-state index contributed by atoms with van der Waals surface area (Å²) < 4.78 is 0. The number of nitro groups is 1. The third-order valence-electron chi connectivity index (χ3n) is 3.86. The van der Waals surface area contributed by atoms with Crippen molar-refractivity contribution in [3.05, 3.63) is 75.3 Å². The van der Waals surface area contributed by atoms with E-state index in [-0.39, 0.29) is 10.6 Å². The van der Waals surface area contributed by atoms with Crippen molar-refractivity contribution in [2.75, 3.05) is 0 Å². The summed E-state index contributed by atoms with van der Waals surface area (Å²) in [6.07, 6.45) is 2.61. The van der Waals surface area contributed by atoms with Gasteiger partial charge in [-0.25, -0.2) is 0 Å². The quantitative estimate of drug-likeness (QED) is 0.648. The van der Waals surface area contributed by atoms with Crippen LogP contribution in [0.3, 0.4) is 0 Å². The number of hydrogen-bond acceptors (Lipinski definition) is 3. The second-order valence-corrected chi connectivity index (χ2v) is 5.50. The van der Waals surface area contributed by atoms with Crippen LogP contribution in [0.15, 0.2) is 48.5 Å². The molecule has 0 aliphatic heterocycles. The predicted octanol–water partition coefficient (Wildman–Crippen LogP) is 3.76. The van der Waals surface area contributed by atoms with Gasteiger partial charge in [-0.3, -0.25) is 10.1 Å². The largest absolute Gasteiger partial charge is 0.309 e. The first kappa shape index (κ1) is 13.8. The highest BCUT2D eigenvalue weighted by molar-refractivity contribution is 5.34. The Morgan fingerprint density at radius 3 is 2.43 bits per heavy atom. The lowest BCUT2D eigenvalue weighted by molar-refractivity contribution is -0.384. The molecule has 1 aliphatic carbocycles. The third kappa shape index (κ3) is 3.47. The zero-order valence-corrected chi connectivity index (χ0v) is 11.8. The highest BCUT2D eigenvalue weighted by atomic mass is 16.6. The van der Waals surface area contributed by atoms with Gasteiger partial charge in [0, 0.05) is 25.2 Å². The molecular weight excluding hydrogens is 264 g/mol. The first-order valence-corrected chi connectivity index (χ1v) is 7.26. The molecule has 1 saturated carbocycles. The van der Waals surface area contributed by atoms with Gasteiger partial charge in [-0.2, -0.15) is 0 Å². The molecule has 4 heteroatoms. The molecular formula is C17H18N2O2. The van der Waals surface area contributed by atoms with Crippen LogP contribution in [-0.2, 0) is 13.1 Å². The van der Waals surface area contributed by atoms with Crippen LogP contribution < -0.4 is 5.32 Å². The lowest BCUT2D eigenvalue weighted by Gasteiger charge is -2.10. The highest BCUT2D eigenvalue weighted by Crippen LogP contribution is 2.41. The summed E-state index contributed by atoms with van der Waals surface area (Å²) in [6, 6.07) is 15.3. The first-order valence-electron chi connectivity index (χ1n) is 7.26. The summed E-state index contributed by atoms with van der Waals surface area (Å²) in [6.45, 7) is 1.56. The van der Waals surface area contributed by atoms with Gasteiger partial charge in [0.15, 0.2) is 0 Å². The van der Waals surface area contributed by atoms with Crippen molar-refractivity contribution >= 4 is 5.69 Å². The number of benzene rings is 2. The Morgan fingerprint density at radius 1 is 1.05 bits per heavy atom. The number of nitrogens with zero attached hydrogens (tertiary/aromatic N) is 1. The van der Waals surface area contributed by atoms with Crippen LogP contribution in [0.4, 0.5) is 5.69 Å². The lowest BCUT2D eigenvalue weighted by atomic mass is 10.0. The lowest BCUT2D eigenvalue weighted by Crippen LogP contribution is -2.13. The van der Waals surface area contributed by atoms with Crippen LogP contribution in [0.1, 0.15) is 35.4 Å². The number of nitro benzene ring substituents is 1. The molecule has 0 spiro atoms. The normalized spacial score (nSPS) is 14.1. The van der Waals surface area contributed by atoms with Crippen molar-refractivity contribution in [3.8, 4) is 0 Å². The minimum Gasteiger partial charge on any atom is -0.309 e. The molecule has 1 aliphatic rings. The van der Waals surface area contributed by atoms with E-state index < -0.39 is 0 Å². The molecule has 4 nitrogen and oxygen atoms in total. The molecule has 0 heterocycles. The number of nitrogens with one attached hydrogen (secondary N) is 1. The minimum atomic E-state index is -0.372. The van der Waals surface area contributed by atoms with E-state index in [1.807, 2.05) is 0 Å². The van der Waals surface area contributed by atoms with Gasteiger partial charge in [-0.1, -0.05) is 36.4 Å². The van der Waals surface area contributed by atoms with Gasteiger partial charge in [0.25, 0.3) is 5.69 Å².